The van der Waals surface area contributed by atoms with Crippen molar-refractivity contribution < 1.29 is 21.9 Å². The van der Waals surface area contributed by atoms with Crippen LogP contribution >= 0.6 is 0 Å². The van der Waals surface area contributed by atoms with Gasteiger partial charge in [-0.15, -0.1) is 0 Å². The van der Waals surface area contributed by atoms with E-state index in [-0.39, 0.29) is 16.1 Å². The molecule has 0 spiro atoms. The SMILES string of the molecule is CN(C)C1(CNc2ccc(S(=O)(=O)Nc3ccc(F)c(F)c3)cn2)CCOCC1. The molecule has 0 radical (unpaired) electrons. The molecule has 1 aliphatic heterocycles. The highest BCUT2D eigenvalue weighted by atomic mass is 32.2. The summed E-state index contributed by atoms with van der Waals surface area (Å²) in [5.41, 5.74) is -0.127. The average Bonchev–Trinajstić information content (AvgIpc) is 2.70. The molecule has 3 rings (SSSR count). The van der Waals surface area contributed by atoms with E-state index in [1.165, 1.54) is 12.3 Å². The van der Waals surface area contributed by atoms with Gasteiger partial charge in [-0.05, 0) is 51.2 Å². The molecule has 0 atom stereocenters. The second-order valence-corrected chi connectivity index (χ2v) is 8.88. The number of anilines is 2. The van der Waals surface area contributed by atoms with Gasteiger partial charge in [0, 0.05) is 37.6 Å². The zero-order valence-corrected chi connectivity index (χ0v) is 17.1. The van der Waals surface area contributed by atoms with Crippen molar-refractivity contribution in [3.8, 4) is 0 Å². The predicted molar refractivity (Wildman–Crippen MR) is 106 cm³/mol. The molecule has 1 aromatic carbocycles. The number of benzene rings is 1. The summed E-state index contributed by atoms with van der Waals surface area (Å²) in [5.74, 6) is -1.64. The van der Waals surface area contributed by atoms with Crippen LogP contribution in [0.4, 0.5) is 20.3 Å². The summed E-state index contributed by atoms with van der Waals surface area (Å²) in [6.45, 7) is 2.04. The van der Waals surface area contributed by atoms with Crippen molar-refractivity contribution in [1.82, 2.24) is 9.88 Å². The van der Waals surface area contributed by atoms with Crippen LogP contribution in [0.2, 0.25) is 0 Å². The van der Waals surface area contributed by atoms with E-state index in [1.807, 2.05) is 14.1 Å². The van der Waals surface area contributed by atoms with E-state index in [1.54, 1.807) is 6.07 Å². The third kappa shape index (κ3) is 5.01. The second kappa shape index (κ2) is 8.60. The summed E-state index contributed by atoms with van der Waals surface area (Å²) in [6, 6.07) is 5.76. The Bertz CT molecular complexity index is 946. The maximum Gasteiger partial charge on any atom is 0.263 e. The summed E-state index contributed by atoms with van der Waals surface area (Å²) in [5, 5.41) is 3.26. The van der Waals surface area contributed by atoms with Crippen molar-refractivity contribution >= 4 is 21.5 Å². The number of ether oxygens (including phenoxy) is 1. The number of aromatic nitrogens is 1. The highest BCUT2D eigenvalue weighted by Crippen LogP contribution is 2.26. The van der Waals surface area contributed by atoms with Crippen molar-refractivity contribution in [2.75, 3.05) is 43.9 Å². The first kappa shape index (κ1) is 21.4. The van der Waals surface area contributed by atoms with Gasteiger partial charge in [0.1, 0.15) is 10.7 Å². The standard InChI is InChI=1S/C19H24F2N4O3S/c1-25(2)19(7-9-28-10-8-19)13-23-18-6-4-15(12-22-18)29(26,27)24-14-3-5-16(20)17(21)11-14/h3-6,11-12,24H,7-10,13H2,1-2H3,(H,22,23). The molecule has 0 aliphatic carbocycles. The lowest BCUT2D eigenvalue weighted by atomic mass is 9.88. The van der Waals surface area contributed by atoms with Crippen LogP contribution in [0.5, 0.6) is 0 Å². The monoisotopic (exact) mass is 426 g/mol. The summed E-state index contributed by atoms with van der Waals surface area (Å²) < 4.78 is 58.9. The van der Waals surface area contributed by atoms with Gasteiger partial charge >= 0.3 is 0 Å². The largest absolute Gasteiger partial charge is 0.381 e. The predicted octanol–water partition coefficient (Wildman–Crippen LogP) is 2.68. The van der Waals surface area contributed by atoms with Crippen LogP contribution in [0.15, 0.2) is 41.4 Å². The van der Waals surface area contributed by atoms with Gasteiger partial charge in [0.25, 0.3) is 10.0 Å². The van der Waals surface area contributed by atoms with E-state index >= 15 is 0 Å². The first-order chi connectivity index (χ1) is 13.7. The molecular weight excluding hydrogens is 402 g/mol. The van der Waals surface area contributed by atoms with E-state index in [0.717, 1.165) is 31.0 Å². The van der Waals surface area contributed by atoms with Gasteiger partial charge in [-0.3, -0.25) is 4.72 Å². The molecular formula is C19H24F2N4O3S. The Morgan fingerprint density at radius 1 is 1.14 bits per heavy atom. The molecule has 1 saturated heterocycles. The Kier molecular flexibility index (Phi) is 6.35. The molecule has 0 amide bonds. The van der Waals surface area contributed by atoms with E-state index in [2.05, 4.69) is 19.9 Å². The van der Waals surface area contributed by atoms with Gasteiger partial charge in [-0.25, -0.2) is 22.2 Å². The quantitative estimate of drug-likeness (QED) is 0.708. The van der Waals surface area contributed by atoms with Crippen LogP contribution in [-0.4, -0.2) is 57.7 Å². The van der Waals surface area contributed by atoms with Gasteiger partial charge in [0.05, 0.1) is 5.69 Å². The minimum Gasteiger partial charge on any atom is -0.381 e. The van der Waals surface area contributed by atoms with Crippen molar-refractivity contribution in [3.63, 3.8) is 0 Å². The Balaban J connectivity index is 1.68. The third-order valence-electron chi connectivity index (χ3n) is 5.19. The first-order valence-corrected chi connectivity index (χ1v) is 10.6. The minimum absolute atomic E-state index is 0.0567. The molecule has 1 aromatic heterocycles. The number of nitrogens with zero attached hydrogens (tertiary/aromatic N) is 2. The maximum atomic E-state index is 13.3. The summed E-state index contributed by atoms with van der Waals surface area (Å²) in [6.07, 6.45) is 2.99. The molecule has 2 aromatic rings. The van der Waals surface area contributed by atoms with Crippen molar-refractivity contribution in [2.45, 2.75) is 23.3 Å². The Hall–Kier alpha value is -2.30. The highest BCUT2D eigenvalue weighted by molar-refractivity contribution is 7.92. The number of sulfonamides is 1. The summed E-state index contributed by atoms with van der Waals surface area (Å²) >= 11 is 0. The van der Waals surface area contributed by atoms with Crippen LogP contribution in [0.25, 0.3) is 0 Å². The molecule has 0 bridgehead atoms. The van der Waals surface area contributed by atoms with Gasteiger partial charge < -0.3 is 15.0 Å². The normalized spacial score (nSPS) is 16.6. The zero-order chi connectivity index (χ0) is 21.1. The van der Waals surface area contributed by atoms with Crippen LogP contribution < -0.4 is 10.0 Å². The van der Waals surface area contributed by atoms with Crippen molar-refractivity contribution in [3.05, 3.63) is 48.2 Å². The molecule has 0 unspecified atom stereocenters. The van der Waals surface area contributed by atoms with Crippen LogP contribution in [0.3, 0.4) is 0 Å². The zero-order valence-electron chi connectivity index (χ0n) is 16.3. The molecule has 0 saturated carbocycles. The van der Waals surface area contributed by atoms with Crippen molar-refractivity contribution in [2.24, 2.45) is 0 Å². The third-order valence-corrected chi connectivity index (χ3v) is 6.56. The van der Waals surface area contributed by atoms with Crippen LogP contribution in [0.1, 0.15) is 12.8 Å². The molecule has 10 heteroatoms. The molecule has 2 N–H and O–H groups in total. The minimum atomic E-state index is -3.97. The molecule has 1 fully saturated rings. The highest BCUT2D eigenvalue weighted by Gasteiger charge is 2.34. The number of hydrogen-bond acceptors (Lipinski definition) is 6. The molecule has 29 heavy (non-hydrogen) atoms. The number of nitrogens with one attached hydrogen (secondary N) is 2. The van der Waals surface area contributed by atoms with Gasteiger partial charge in [0.2, 0.25) is 0 Å². The topological polar surface area (TPSA) is 83.6 Å². The van der Waals surface area contributed by atoms with Gasteiger partial charge in [-0.1, -0.05) is 0 Å². The fraction of sp³-hybridized carbons (Fsp3) is 0.421. The summed E-state index contributed by atoms with van der Waals surface area (Å²) in [4.78, 5) is 6.27. The maximum absolute atomic E-state index is 13.3. The Labute approximate surface area is 169 Å². The van der Waals surface area contributed by atoms with E-state index in [4.69, 9.17) is 4.74 Å². The molecule has 1 aliphatic rings. The lowest BCUT2D eigenvalue weighted by molar-refractivity contribution is -0.000665. The molecule has 158 valence electrons. The van der Waals surface area contributed by atoms with Crippen LogP contribution in [0, 0.1) is 11.6 Å². The number of rotatable bonds is 7. The number of hydrogen-bond donors (Lipinski definition) is 2. The van der Waals surface area contributed by atoms with E-state index in [9.17, 15) is 17.2 Å². The lowest BCUT2D eigenvalue weighted by Gasteiger charge is -2.43. The average molecular weight is 426 g/mol. The Morgan fingerprint density at radius 2 is 1.86 bits per heavy atom. The number of likely N-dealkylation sites (N-methyl/N-ethyl adjacent to an activating group) is 1. The number of halogens is 2. The smallest absolute Gasteiger partial charge is 0.263 e. The fourth-order valence-electron chi connectivity index (χ4n) is 3.21. The van der Waals surface area contributed by atoms with E-state index in [0.29, 0.717) is 25.6 Å². The van der Waals surface area contributed by atoms with Crippen LogP contribution in [-0.2, 0) is 14.8 Å². The van der Waals surface area contributed by atoms with E-state index < -0.39 is 21.7 Å². The lowest BCUT2D eigenvalue weighted by Crippen LogP contribution is -2.53. The summed E-state index contributed by atoms with van der Waals surface area (Å²) in [7, 11) is 0.0809. The number of pyridine rings is 1. The Morgan fingerprint density at radius 3 is 2.45 bits per heavy atom. The van der Waals surface area contributed by atoms with Gasteiger partial charge in [-0.2, -0.15) is 0 Å². The second-order valence-electron chi connectivity index (χ2n) is 7.20. The van der Waals surface area contributed by atoms with Crippen molar-refractivity contribution in [1.29, 1.82) is 0 Å². The molecule has 7 nitrogen and oxygen atoms in total. The first-order valence-electron chi connectivity index (χ1n) is 9.15. The van der Waals surface area contributed by atoms with Gasteiger partial charge in [0.15, 0.2) is 11.6 Å². The molecule has 2 heterocycles. The fourth-order valence-corrected chi connectivity index (χ4v) is 4.20.